The summed E-state index contributed by atoms with van der Waals surface area (Å²) in [5, 5.41) is 0. The molecule has 0 unspecified atom stereocenters. The molecule has 192 valence electrons. The minimum absolute atomic E-state index is 0.00217. The molecule has 5 atom stereocenters. The van der Waals surface area contributed by atoms with Crippen molar-refractivity contribution in [2.75, 3.05) is 9.80 Å². The summed E-state index contributed by atoms with van der Waals surface area (Å²) in [5.41, 5.74) is 5.60. The molecule has 0 aliphatic carbocycles. The lowest BCUT2D eigenvalue weighted by atomic mass is 9.81. The topological polar surface area (TPSA) is 6.48 Å². The first-order chi connectivity index (χ1) is 18.5. The highest BCUT2D eigenvalue weighted by Gasteiger charge is 2.54. The Hall–Kier alpha value is -2.70. The van der Waals surface area contributed by atoms with Crippen LogP contribution < -0.4 is 9.80 Å². The zero-order valence-corrected chi connectivity index (χ0v) is 23.7. The van der Waals surface area contributed by atoms with Crippen molar-refractivity contribution in [2.24, 2.45) is 5.92 Å². The minimum atomic E-state index is -0.252. The predicted molar refractivity (Wildman–Crippen MR) is 155 cm³/mol. The number of fused-ring (bicyclic) bond motifs is 6. The third-order valence-electron chi connectivity index (χ3n) is 8.64. The highest BCUT2D eigenvalue weighted by Crippen LogP contribution is 2.60. The molecule has 6 heteroatoms. The van der Waals surface area contributed by atoms with Crippen LogP contribution in [-0.2, 0) is 0 Å². The van der Waals surface area contributed by atoms with Crippen molar-refractivity contribution in [1.29, 1.82) is 0 Å². The van der Waals surface area contributed by atoms with Gasteiger partial charge in [-0.15, -0.1) is 0 Å². The molecule has 2 fully saturated rings. The lowest BCUT2D eigenvalue weighted by molar-refractivity contribution is 0.365. The smallest absolute Gasteiger partial charge is 0.123 e. The van der Waals surface area contributed by atoms with Crippen molar-refractivity contribution in [2.45, 2.75) is 43.4 Å². The number of rotatable bonds is 3. The van der Waals surface area contributed by atoms with Gasteiger partial charge in [0, 0.05) is 37.8 Å². The fourth-order valence-electron chi connectivity index (χ4n) is 7.26. The number of halogens is 4. The molecule has 38 heavy (non-hydrogen) atoms. The van der Waals surface area contributed by atoms with Gasteiger partial charge in [0.1, 0.15) is 11.6 Å². The fraction of sp³-hybridized carbons (Fsp3) is 0.250. The Labute approximate surface area is 238 Å². The minimum Gasteiger partial charge on any atom is -0.361 e. The van der Waals surface area contributed by atoms with Gasteiger partial charge >= 0.3 is 0 Å². The number of nitrogens with zero attached hydrogens (tertiary/aromatic N) is 2. The standard InChI is InChI=1S/C32H26Br2F2N2/c33-21-5-1-3-19(15-21)28-13-14-30-27-18-31(20-4-2-6-22(34)16-20)37(25-10-7-23(35)8-11-25)32(27)26-17-24(36)9-12-29(26)38(28)30/h1-12,15-17,27-28,30-32H,13-14,18H2/t27-,28+,30+,31-,32+/m0/s1. The summed E-state index contributed by atoms with van der Waals surface area (Å²) in [4.78, 5) is 5.00. The van der Waals surface area contributed by atoms with Crippen LogP contribution in [0.1, 0.15) is 54.1 Å². The van der Waals surface area contributed by atoms with E-state index in [1.54, 1.807) is 12.1 Å². The number of benzene rings is 4. The maximum Gasteiger partial charge on any atom is 0.123 e. The van der Waals surface area contributed by atoms with E-state index in [0.29, 0.717) is 12.0 Å². The molecule has 2 nitrogen and oxygen atoms in total. The molecule has 0 amide bonds. The first kappa shape index (κ1) is 24.3. The van der Waals surface area contributed by atoms with E-state index in [1.807, 2.05) is 24.3 Å². The molecule has 0 spiro atoms. The number of hydrogen-bond acceptors (Lipinski definition) is 2. The second-order valence-corrected chi connectivity index (χ2v) is 12.5. The van der Waals surface area contributed by atoms with Gasteiger partial charge in [0.15, 0.2) is 0 Å². The van der Waals surface area contributed by atoms with E-state index in [2.05, 4.69) is 84.1 Å². The summed E-state index contributed by atoms with van der Waals surface area (Å²) in [6.07, 6.45) is 3.08. The summed E-state index contributed by atoms with van der Waals surface area (Å²) in [5.74, 6) is -0.169. The quantitative estimate of drug-likeness (QED) is 0.221. The van der Waals surface area contributed by atoms with Crippen LogP contribution in [0, 0.1) is 17.6 Å². The molecule has 2 saturated heterocycles. The van der Waals surface area contributed by atoms with Gasteiger partial charge in [-0.2, -0.15) is 0 Å². The zero-order valence-electron chi connectivity index (χ0n) is 20.6. The van der Waals surface area contributed by atoms with Gasteiger partial charge < -0.3 is 9.80 Å². The van der Waals surface area contributed by atoms with Crippen LogP contribution in [-0.4, -0.2) is 6.04 Å². The summed E-state index contributed by atoms with van der Waals surface area (Å²) >= 11 is 7.32. The van der Waals surface area contributed by atoms with E-state index in [-0.39, 0.29) is 29.8 Å². The van der Waals surface area contributed by atoms with Crippen LogP contribution >= 0.6 is 31.9 Å². The van der Waals surface area contributed by atoms with E-state index >= 15 is 0 Å². The van der Waals surface area contributed by atoms with Crippen LogP contribution in [0.4, 0.5) is 20.2 Å². The summed E-state index contributed by atoms with van der Waals surface area (Å²) < 4.78 is 31.0. The maximum absolute atomic E-state index is 14.9. The molecular formula is C32H26Br2F2N2. The zero-order chi connectivity index (χ0) is 26.0. The lowest BCUT2D eigenvalue weighted by Crippen LogP contribution is -2.45. The van der Waals surface area contributed by atoms with Gasteiger partial charge in [-0.3, -0.25) is 0 Å². The van der Waals surface area contributed by atoms with E-state index in [0.717, 1.165) is 45.1 Å². The number of hydrogen-bond donors (Lipinski definition) is 0. The van der Waals surface area contributed by atoms with E-state index < -0.39 is 0 Å². The van der Waals surface area contributed by atoms with Gasteiger partial charge in [0.25, 0.3) is 0 Å². The van der Waals surface area contributed by atoms with Gasteiger partial charge in [-0.1, -0.05) is 56.1 Å². The van der Waals surface area contributed by atoms with Crippen molar-refractivity contribution in [3.63, 3.8) is 0 Å². The molecular weight excluding hydrogens is 610 g/mol. The Balaban J connectivity index is 1.40. The normalized spacial score (nSPS) is 25.7. The highest BCUT2D eigenvalue weighted by molar-refractivity contribution is 9.10. The Bertz CT molecular complexity index is 1510. The molecule has 7 rings (SSSR count). The van der Waals surface area contributed by atoms with Crippen molar-refractivity contribution in [3.8, 4) is 0 Å². The maximum atomic E-state index is 14.9. The second-order valence-electron chi connectivity index (χ2n) is 10.6. The predicted octanol–water partition coefficient (Wildman–Crippen LogP) is 9.52. The van der Waals surface area contributed by atoms with Gasteiger partial charge in [-0.05, 0) is 97.1 Å². The third-order valence-corrected chi connectivity index (χ3v) is 9.62. The third kappa shape index (κ3) is 3.99. The van der Waals surface area contributed by atoms with Crippen LogP contribution in [0.15, 0.2) is 99.9 Å². The van der Waals surface area contributed by atoms with Crippen LogP contribution in [0.5, 0.6) is 0 Å². The largest absolute Gasteiger partial charge is 0.361 e. The van der Waals surface area contributed by atoms with Crippen LogP contribution in [0.25, 0.3) is 0 Å². The van der Waals surface area contributed by atoms with E-state index in [1.165, 1.54) is 23.3 Å². The molecule has 4 aromatic carbocycles. The first-order valence-corrected chi connectivity index (χ1v) is 14.7. The van der Waals surface area contributed by atoms with Crippen LogP contribution in [0.2, 0.25) is 0 Å². The molecule has 4 aromatic rings. The van der Waals surface area contributed by atoms with Crippen molar-refractivity contribution in [1.82, 2.24) is 0 Å². The molecule has 0 radical (unpaired) electrons. The Kier molecular flexibility index (Phi) is 6.08. The summed E-state index contributed by atoms with van der Waals surface area (Å²) in [6, 6.07) is 29.8. The van der Waals surface area contributed by atoms with Crippen molar-refractivity contribution in [3.05, 3.63) is 128 Å². The molecule has 3 aliphatic heterocycles. The lowest BCUT2D eigenvalue weighted by Gasteiger charge is -2.46. The van der Waals surface area contributed by atoms with Crippen molar-refractivity contribution >= 4 is 43.2 Å². The average molecular weight is 636 g/mol. The molecule has 0 bridgehead atoms. The fourth-order valence-corrected chi connectivity index (χ4v) is 8.09. The van der Waals surface area contributed by atoms with E-state index in [9.17, 15) is 8.78 Å². The first-order valence-electron chi connectivity index (χ1n) is 13.1. The second kappa shape index (κ2) is 9.49. The highest BCUT2D eigenvalue weighted by atomic mass is 79.9. The Morgan fingerprint density at radius 3 is 2.00 bits per heavy atom. The summed E-state index contributed by atoms with van der Waals surface area (Å²) in [7, 11) is 0. The summed E-state index contributed by atoms with van der Waals surface area (Å²) in [6.45, 7) is 0. The molecule has 0 N–H and O–H groups in total. The van der Waals surface area contributed by atoms with Gasteiger partial charge in [0.2, 0.25) is 0 Å². The SMILES string of the molecule is Fc1ccc(N2[C@@H]3c4cc(F)ccc4N4[C@@H](c5cccc(Br)c5)CC[C@@H]4[C@@H]3C[C@H]2c2cccc(Br)c2)cc1. The van der Waals surface area contributed by atoms with Gasteiger partial charge in [0.05, 0.1) is 18.1 Å². The Morgan fingerprint density at radius 1 is 0.658 bits per heavy atom. The molecule has 0 aromatic heterocycles. The van der Waals surface area contributed by atoms with Crippen molar-refractivity contribution < 1.29 is 8.78 Å². The molecule has 3 heterocycles. The molecule has 3 aliphatic rings. The van der Waals surface area contributed by atoms with Gasteiger partial charge in [-0.25, -0.2) is 8.78 Å². The Morgan fingerprint density at radius 2 is 1.32 bits per heavy atom. The molecule has 0 saturated carbocycles. The average Bonchev–Trinajstić information content (AvgIpc) is 3.52. The number of anilines is 2. The van der Waals surface area contributed by atoms with E-state index in [4.69, 9.17) is 0 Å². The van der Waals surface area contributed by atoms with Crippen LogP contribution in [0.3, 0.4) is 0 Å². The monoisotopic (exact) mass is 634 g/mol.